The van der Waals surface area contributed by atoms with E-state index in [1.807, 2.05) is 18.2 Å². The van der Waals surface area contributed by atoms with Crippen molar-refractivity contribution in [2.75, 3.05) is 52.9 Å². The standard InChI is InChI=1S/C19H30N4O.2ClH/c1-22-10-12-23(13-11-22)18(17-7-3-2-4-8-17)19(24)21-15-16-6-5-9-20-14-16;;/h2-4,7-8,16,18,20H,5-6,9-15H2,1H3,(H,21,24);2*1H. The number of nitrogens with one attached hydrogen (secondary N) is 2. The highest BCUT2D eigenvalue weighted by Gasteiger charge is 2.30. The van der Waals surface area contributed by atoms with E-state index in [1.165, 1.54) is 12.8 Å². The van der Waals surface area contributed by atoms with Crippen molar-refractivity contribution in [3.63, 3.8) is 0 Å². The number of carbonyl (C=O) groups excluding carboxylic acids is 1. The van der Waals surface area contributed by atoms with Crippen molar-refractivity contribution in [3.8, 4) is 0 Å². The summed E-state index contributed by atoms with van der Waals surface area (Å²) in [7, 11) is 2.14. The molecule has 5 nitrogen and oxygen atoms in total. The Labute approximate surface area is 169 Å². The Morgan fingerprint density at radius 2 is 1.88 bits per heavy atom. The molecule has 0 spiro atoms. The fraction of sp³-hybridized carbons (Fsp3) is 0.632. The molecule has 0 saturated carbocycles. The molecule has 2 fully saturated rings. The van der Waals surface area contributed by atoms with Crippen molar-refractivity contribution < 1.29 is 4.79 Å². The van der Waals surface area contributed by atoms with Crippen LogP contribution in [0.3, 0.4) is 0 Å². The lowest BCUT2D eigenvalue weighted by atomic mass is 9.99. The molecule has 2 aliphatic heterocycles. The topological polar surface area (TPSA) is 47.6 Å². The number of carbonyl (C=O) groups is 1. The van der Waals surface area contributed by atoms with Gasteiger partial charge >= 0.3 is 0 Å². The molecule has 2 saturated heterocycles. The monoisotopic (exact) mass is 402 g/mol. The highest BCUT2D eigenvalue weighted by atomic mass is 35.5. The molecule has 2 atom stereocenters. The molecule has 0 aliphatic carbocycles. The van der Waals surface area contributed by atoms with Crippen LogP contribution in [-0.4, -0.2) is 68.6 Å². The highest BCUT2D eigenvalue weighted by molar-refractivity contribution is 5.85. The van der Waals surface area contributed by atoms with E-state index in [-0.39, 0.29) is 36.8 Å². The molecular weight excluding hydrogens is 371 g/mol. The van der Waals surface area contributed by atoms with Gasteiger partial charge < -0.3 is 15.5 Å². The summed E-state index contributed by atoms with van der Waals surface area (Å²) in [5, 5.41) is 6.65. The second kappa shape index (κ2) is 11.8. The van der Waals surface area contributed by atoms with E-state index in [9.17, 15) is 4.79 Å². The summed E-state index contributed by atoms with van der Waals surface area (Å²) in [4.78, 5) is 17.6. The first kappa shape index (κ1) is 23.2. The summed E-state index contributed by atoms with van der Waals surface area (Å²) in [6, 6.07) is 10.0. The van der Waals surface area contributed by atoms with Gasteiger partial charge in [-0.05, 0) is 44.5 Å². The predicted octanol–water partition coefficient (Wildman–Crippen LogP) is 1.93. The number of nitrogens with zero attached hydrogens (tertiary/aromatic N) is 2. The van der Waals surface area contributed by atoms with Gasteiger partial charge in [-0.3, -0.25) is 9.69 Å². The second-order valence-corrected chi connectivity index (χ2v) is 7.11. The average molecular weight is 403 g/mol. The SMILES string of the molecule is CN1CCN(C(C(=O)NCC2CCCNC2)c2ccccc2)CC1.Cl.Cl. The Bertz CT molecular complexity index is 518. The summed E-state index contributed by atoms with van der Waals surface area (Å²) in [6.07, 6.45) is 2.42. The van der Waals surface area contributed by atoms with Crippen molar-refractivity contribution in [3.05, 3.63) is 35.9 Å². The third-order valence-electron chi connectivity index (χ3n) is 5.23. The number of likely N-dealkylation sites (N-methyl/N-ethyl adjacent to an activating group) is 1. The van der Waals surface area contributed by atoms with E-state index in [0.717, 1.165) is 51.4 Å². The smallest absolute Gasteiger partial charge is 0.241 e. The summed E-state index contributed by atoms with van der Waals surface area (Å²) >= 11 is 0. The first-order chi connectivity index (χ1) is 11.7. The zero-order valence-corrected chi connectivity index (χ0v) is 17.2. The molecule has 2 heterocycles. The van der Waals surface area contributed by atoms with E-state index in [4.69, 9.17) is 0 Å². The Morgan fingerprint density at radius 3 is 2.50 bits per heavy atom. The van der Waals surface area contributed by atoms with E-state index < -0.39 is 0 Å². The Morgan fingerprint density at radius 1 is 1.19 bits per heavy atom. The van der Waals surface area contributed by atoms with E-state index in [2.05, 4.69) is 39.6 Å². The molecule has 7 heteroatoms. The van der Waals surface area contributed by atoms with E-state index in [1.54, 1.807) is 0 Å². The maximum absolute atomic E-state index is 13.0. The van der Waals surface area contributed by atoms with Gasteiger partial charge in [-0.25, -0.2) is 0 Å². The largest absolute Gasteiger partial charge is 0.354 e. The fourth-order valence-electron chi connectivity index (χ4n) is 3.68. The first-order valence-electron chi connectivity index (χ1n) is 9.20. The minimum absolute atomic E-state index is 0. The van der Waals surface area contributed by atoms with Gasteiger partial charge in [0.05, 0.1) is 0 Å². The quantitative estimate of drug-likeness (QED) is 0.789. The molecule has 0 radical (unpaired) electrons. The maximum Gasteiger partial charge on any atom is 0.241 e. The van der Waals surface area contributed by atoms with Crippen molar-refractivity contribution in [2.45, 2.75) is 18.9 Å². The highest BCUT2D eigenvalue weighted by Crippen LogP contribution is 2.22. The molecule has 148 valence electrons. The molecule has 1 aromatic rings. The Hall–Kier alpha value is -0.850. The van der Waals surface area contributed by atoms with Crippen molar-refractivity contribution in [1.29, 1.82) is 0 Å². The van der Waals surface area contributed by atoms with Crippen molar-refractivity contribution in [1.82, 2.24) is 20.4 Å². The molecule has 1 aromatic carbocycles. The molecule has 26 heavy (non-hydrogen) atoms. The third-order valence-corrected chi connectivity index (χ3v) is 5.23. The van der Waals surface area contributed by atoms with E-state index in [0.29, 0.717) is 5.92 Å². The van der Waals surface area contributed by atoms with Crippen LogP contribution in [-0.2, 0) is 4.79 Å². The zero-order valence-electron chi connectivity index (χ0n) is 15.5. The third kappa shape index (κ3) is 6.39. The van der Waals surface area contributed by atoms with E-state index >= 15 is 0 Å². The van der Waals surface area contributed by atoms with Crippen LogP contribution in [0.1, 0.15) is 24.4 Å². The average Bonchev–Trinajstić information content (AvgIpc) is 2.64. The minimum atomic E-state index is -0.170. The van der Waals surface area contributed by atoms with Gasteiger partial charge in [0.2, 0.25) is 5.91 Å². The van der Waals surface area contributed by atoms with Gasteiger partial charge in [0.25, 0.3) is 0 Å². The van der Waals surface area contributed by atoms with Crippen LogP contribution in [0, 0.1) is 5.92 Å². The summed E-state index contributed by atoms with van der Waals surface area (Å²) in [6.45, 7) is 6.82. The van der Waals surface area contributed by atoms with Crippen LogP contribution in [0.2, 0.25) is 0 Å². The lowest BCUT2D eigenvalue weighted by molar-refractivity contribution is -0.127. The Balaban J connectivity index is 0.00000169. The number of piperidine rings is 1. The molecule has 3 rings (SSSR count). The molecule has 0 bridgehead atoms. The summed E-state index contributed by atoms with van der Waals surface area (Å²) in [5.41, 5.74) is 1.10. The molecule has 1 amide bonds. The van der Waals surface area contributed by atoms with Gasteiger partial charge in [-0.1, -0.05) is 30.3 Å². The fourth-order valence-corrected chi connectivity index (χ4v) is 3.68. The normalized spacial score (nSPS) is 22.6. The number of rotatable bonds is 5. The van der Waals surface area contributed by atoms with Gasteiger partial charge in [0.1, 0.15) is 6.04 Å². The number of halogens is 2. The van der Waals surface area contributed by atoms with Crippen LogP contribution < -0.4 is 10.6 Å². The lowest BCUT2D eigenvalue weighted by Crippen LogP contribution is -2.50. The van der Waals surface area contributed by atoms with Gasteiger partial charge in [-0.2, -0.15) is 0 Å². The number of piperazine rings is 1. The second-order valence-electron chi connectivity index (χ2n) is 7.11. The van der Waals surface area contributed by atoms with Gasteiger partial charge in [0.15, 0.2) is 0 Å². The van der Waals surface area contributed by atoms with Crippen LogP contribution in [0.15, 0.2) is 30.3 Å². The molecule has 2 N–H and O–H groups in total. The van der Waals surface area contributed by atoms with Crippen molar-refractivity contribution in [2.24, 2.45) is 5.92 Å². The molecule has 0 aromatic heterocycles. The van der Waals surface area contributed by atoms with Crippen LogP contribution in [0.4, 0.5) is 0 Å². The Kier molecular flexibility index (Phi) is 10.5. The predicted molar refractivity (Wildman–Crippen MR) is 111 cm³/mol. The maximum atomic E-state index is 13.0. The lowest BCUT2D eigenvalue weighted by Gasteiger charge is -2.37. The van der Waals surface area contributed by atoms with Gasteiger partial charge in [-0.15, -0.1) is 24.8 Å². The van der Waals surface area contributed by atoms with Crippen molar-refractivity contribution >= 4 is 30.7 Å². The summed E-state index contributed by atoms with van der Waals surface area (Å²) < 4.78 is 0. The summed E-state index contributed by atoms with van der Waals surface area (Å²) in [5.74, 6) is 0.711. The molecule has 2 aliphatic rings. The number of hydrogen-bond donors (Lipinski definition) is 2. The number of hydrogen-bond acceptors (Lipinski definition) is 4. The van der Waals surface area contributed by atoms with Crippen LogP contribution in [0.5, 0.6) is 0 Å². The zero-order chi connectivity index (χ0) is 16.8. The number of amides is 1. The minimum Gasteiger partial charge on any atom is -0.354 e. The molecular formula is C19H32Cl2N4O. The first-order valence-corrected chi connectivity index (χ1v) is 9.20. The van der Waals surface area contributed by atoms with Crippen LogP contribution >= 0.6 is 24.8 Å². The van der Waals surface area contributed by atoms with Gasteiger partial charge in [0, 0.05) is 32.7 Å². The number of benzene rings is 1. The molecule has 2 unspecified atom stereocenters. The van der Waals surface area contributed by atoms with Crippen LogP contribution in [0.25, 0.3) is 0 Å².